The largest absolute Gasteiger partial charge is 0.326 e. The van der Waals surface area contributed by atoms with E-state index >= 15 is 0 Å². The zero-order valence-corrected chi connectivity index (χ0v) is 17.3. The first-order chi connectivity index (χ1) is 13.6. The minimum Gasteiger partial charge on any atom is -0.326 e. The Hall–Kier alpha value is -2.36. The summed E-state index contributed by atoms with van der Waals surface area (Å²) in [5.41, 5.74) is 4.61. The zero-order chi connectivity index (χ0) is 19.9. The maximum atomic E-state index is 13.7. The molecule has 2 aromatic carbocycles. The number of halogens is 1. The molecule has 28 heavy (non-hydrogen) atoms. The van der Waals surface area contributed by atoms with E-state index in [1.54, 1.807) is 6.07 Å². The standard InChI is InChI=1S/C17H18FN3.C7H14/c1-3-11-8-9-14(12(4-2)10-11)19-17-20-15-7-5-6-13(18)16(15)21-17;1-7-5-3-2-4-6-7/h5-10H,3-4H2,1-2H3,(H2,19,20,21);7H,2-6H2,1H3. The van der Waals surface area contributed by atoms with Crippen molar-refractivity contribution in [3.8, 4) is 0 Å². The van der Waals surface area contributed by atoms with Gasteiger partial charge in [0.15, 0.2) is 5.82 Å². The van der Waals surface area contributed by atoms with Gasteiger partial charge in [-0.05, 0) is 48.1 Å². The van der Waals surface area contributed by atoms with E-state index < -0.39 is 0 Å². The molecule has 150 valence electrons. The van der Waals surface area contributed by atoms with E-state index in [0.717, 1.165) is 24.4 Å². The van der Waals surface area contributed by atoms with Gasteiger partial charge in [-0.2, -0.15) is 0 Å². The minimum absolute atomic E-state index is 0.311. The van der Waals surface area contributed by atoms with Gasteiger partial charge in [0.2, 0.25) is 5.95 Å². The molecule has 1 aromatic heterocycles. The summed E-state index contributed by atoms with van der Waals surface area (Å²) in [5, 5.41) is 3.26. The van der Waals surface area contributed by atoms with Gasteiger partial charge in [-0.15, -0.1) is 0 Å². The SMILES string of the molecule is CC1CCCCC1.CCc1ccc(Nc2nc3c(F)cccc3[nH]2)c(CC)c1. The van der Waals surface area contributed by atoms with Crippen LogP contribution in [-0.4, -0.2) is 9.97 Å². The van der Waals surface area contributed by atoms with E-state index in [2.05, 4.69) is 54.3 Å². The van der Waals surface area contributed by atoms with Crippen LogP contribution < -0.4 is 5.32 Å². The molecule has 1 heterocycles. The van der Waals surface area contributed by atoms with Crippen LogP contribution in [0.1, 0.15) is 64.0 Å². The van der Waals surface area contributed by atoms with E-state index in [0.29, 0.717) is 17.0 Å². The summed E-state index contributed by atoms with van der Waals surface area (Å²) in [4.78, 5) is 7.39. The second kappa shape index (κ2) is 9.72. The molecular weight excluding hydrogens is 349 g/mol. The fourth-order valence-electron chi connectivity index (χ4n) is 3.77. The molecule has 2 N–H and O–H groups in total. The number of hydrogen-bond donors (Lipinski definition) is 2. The van der Waals surface area contributed by atoms with Crippen LogP contribution >= 0.6 is 0 Å². The highest BCUT2D eigenvalue weighted by Crippen LogP contribution is 2.24. The molecular formula is C24H32FN3. The lowest BCUT2D eigenvalue weighted by molar-refractivity contribution is 0.385. The fraction of sp³-hybridized carbons (Fsp3) is 0.458. The quantitative estimate of drug-likeness (QED) is 0.503. The third kappa shape index (κ3) is 5.12. The smallest absolute Gasteiger partial charge is 0.205 e. The Labute approximate surface area is 167 Å². The minimum atomic E-state index is -0.311. The molecule has 1 saturated carbocycles. The summed E-state index contributed by atoms with van der Waals surface area (Å²) in [6.07, 6.45) is 9.39. The zero-order valence-electron chi connectivity index (χ0n) is 17.3. The predicted molar refractivity (Wildman–Crippen MR) is 117 cm³/mol. The van der Waals surface area contributed by atoms with Gasteiger partial charge in [0.1, 0.15) is 5.52 Å². The van der Waals surface area contributed by atoms with Gasteiger partial charge in [0.05, 0.1) is 5.52 Å². The molecule has 4 heteroatoms. The van der Waals surface area contributed by atoms with Crippen LogP contribution in [0.3, 0.4) is 0 Å². The first-order valence-electron chi connectivity index (χ1n) is 10.6. The molecule has 0 unspecified atom stereocenters. The lowest BCUT2D eigenvalue weighted by atomic mass is 9.91. The summed E-state index contributed by atoms with van der Waals surface area (Å²) in [6, 6.07) is 11.3. The van der Waals surface area contributed by atoms with E-state index in [1.807, 2.05) is 6.07 Å². The maximum Gasteiger partial charge on any atom is 0.205 e. The average Bonchev–Trinajstić information content (AvgIpc) is 3.13. The molecule has 1 fully saturated rings. The van der Waals surface area contributed by atoms with Crippen LogP contribution in [0.15, 0.2) is 36.4 Å². The number of anilines is 2. The Morgan fingerprint density at radius 3 is 2.46 bits per heavy atom. The molecule has 3 aromatic rings. The topological polar surface area (TPSA) is 40.7 Å². The third-order valence-corrected chi connectivity index (χ3v) is 5.57. The fourth-order valence-corrected chi connectivity index (χ4v) is 3.77. The van der Waals surface area contributed by atoms with Gasteiger partial charge in [0, 0.05) is 5.69 Å². The molecule has 0 radical (unpaired) electrons. The summed E-state index contributed by atoms with van der Waals surface area (Å²) >= 11 is 0. The molecule has 0 bridgehead atoms. The molecule has 0 amide bonds. The highest BCUT2D eigenvalue weighted by atomic mass is 19.1. The van der Waals surface area contributed by atoms with Crippen LogP contribution in [0.5, 0.6) is 0 Å². The number of aromatic nitrogens is 2. The summed E-state index contributed by atoms with van der Waals surface area (Å²) in [7, 11) is 0. The summed E-state index contributed by atoms with van der Waals surface area (Å²) < 4.78 is 13.7. The van der Waals surface area contributed by atoms with Crippen molar-refractivity contribution in [2.45, 2.75) is 65.7 Å². The number of hydrogen-bond acceptors (Lipinski definition) is 2. The van der Waals surface area contributed by atoms with Gasteiger partial charge in [0.25, 0.3) is 0 Å². The lowest BCUT2D eigenvalue weighted by Crippen LogP contribution is -1.99. The number of aromatic amines is 1. The van der Waals surface area contributed by atoms with E-state index in [4.69, 9.17) is 0 Å². The number of aryl methyl sites for hydroxylation is 2. The monoisotopic (exact) mass is 381 g/mol. The normalized spacial score (nSPS) is 14.6. The first kappa shape index (κ1) is 20.4. The number of para-hydroxylation sites is 1. The molecule has 0 spiro atoms. The Morgan fingerprint density at radius 2 is 1.86 bits per heavy atom. The van der Waals surface area contributed by atoms with E-state index in [9.17, 15) is 4.39 Å². The third-order valence-electron chi connectivity index (χ3n) is 5.57. The number of fused-ring (bicyclic) bond motifs is 1. The maximum absolute atomic E-state index is 13.7. The van der Waals surface area contributed by atoms with Crippen molar-refractivity contribution in [1.82, 2.24) is 9.97 Å². The Bertz CT molecular complexity index is 894. The van der Waals surface area contributed by atoms with Crippen LogP contribution in [0.4, 0.5) is 16.0 Å². The van der Waals surface area contributed by atoms with Crippen LogP contribution in [0.2, 0.25) is 0 Å². The van der Waals surface area contributed by atoms with Crippen molar-refractivity contribution < 1.29 is 4.39 Å². The molecule has 3 nitrogen and oxygen atoms in total. The Kier molecular flexibility index (Phi) is 7.07. The van der Waals surface area contributed by atoms with Crippen molar-refractivity contribution in [2.75, 3.05) is 5.32 Å². The van der Waals surface area contributed by atoms with Gasteiger partial charge < -0.3 is 10.3 Å². The Morgan fingerprint density at radius 1 is 1.07 bits per heavy atom. The number of nitrogens with one attached hydrogen (secondary N) is 2. The predicted octanol–water partition coefficient (Wildman–Crippen LogP) is 7.16. The number of nitrogens with zero attached hydrogens (tertiary/aromatic N) is 1. The second-order valence-corrected chi connectivity index (χ2v) is 7.79. The van der Waals surface area contributed by atoms with Crippen molar-refractivity contribution in [2.24, 2.45) is 5.92 Å². The van der Waals surface area contributed by atoms with Crippen molar-refractivity contribution in [1.29, 1.82) is 0 Å². The van der Waals surface area contributed by atoms with E-state index in [-0.39, 0.29) is 5.82 Å². The van der Waals surface area contributed by atoms with Crippen LogP contribution in [0.25, 0.3) is 11.0 Å². The van der Waals surface area contributed by atoms with Crippen molar-refractivity contribution >= 4 is 22.7 Å². The van der Waals surface area contributed by atoms with Gasteiger partial charge in [-0.1, -0.05) is 71.1 Å². The first-order valence-corrected chi connectivity index (χ1v) is 10.6. The number of benzene rings is 2. The number of imidazole rings is 1. The molecule has 0 saturated heterocycles. The van der Waals surface area contributed by atoms with Gasteiger partial charge >= 0.3 is 0 Å². The van der Waals surface area contributed by atoms with Crippen molar-refractivity contribution in [3.63, 3.8) is 0 Å². The van der Waals surface area contributed by atoms with Crippen LogP contribution in [-0.2, 0) is 12.8 Å². The second-order valence-electron chi connectivity index (χ2n) is 7.79. The molecule has 0 aliphatic heterocycles. The molecule has 4 rings (SSSR count). The van der Waals surface area contributed by atoms with Gasteiger partial charge in [-0.25, -0.2) is 9.37 Å². The highest BCUT2D eigenvalue weighted by Gasteiger charge is 2.09. The summed E-state index contributed by atoms with van der Waals surface area (Å²) in [5.74, 6) is 1.29. The molecule has 0 atom stereocenters. The molecule has 1 aliphatic rings. The summed E-state index contributed by atoms with van der Waals surface area (Å²) in [6.45, 7) is 6.63. The average molecular weight is 382 g/mol. The van der Waals surface area contributed by atoms with Crippen LogP contribution in [0, 0.1) is 11.7 Å². The lowest BCUT2D eigenvalue weighted by Gasteiger charge is -2.15. The number of rotatable bonds is 4. The highest BCUT2D eigenvalue weighted by molar-refractivity contribution is 5.79. The van der Waals surface area contributed by atoms with E-state index in [1.165, 1.54) is 49.3 Å². The van der Waals surface area contributed by atoms with Crippen molar-refractivity contribution in [3.05, 3.63) is 53.3 Å². The Balaban J connectivity index is 0.000000271. The molecule has 1 aliphatic carbocycles. The number of H-pyrrole nitrogens is 1. The van der Waals surface area contributed by atoms with Gasteiger partial charge in [-0.3, -0.25) is 0 Å².